The zero-order valence-corrected chi connectivity index (χ0v) is 12.1. The van der Waals surface area contributed by atoms with Crippen molar-refractivity contribution in [1.82, 2.24) is 0 Å². The van der Waals surface area contributed by atoms with E-state index in [9.17, 15) is 42.6 Å². The molecule has 0 saturated heterocycles. The largest absolute Gasteiger partial charge is 0.305 e. The van der Waals surface area contributed by atoms with Gasteiger partial charge in [0.05, 0.1) is 21.0 Å². The minimum atomic E-state index is -3.04. The summed E-state index contributed by atoms with van der Waals surface area (Å²) in [5, 5.41) is 20.3. The Kier molecular flexibility index (Phi) is 6.67. The zero-order chi connectivity index (χ0) is 19.1. The lowest BCUT2D eigenvalue weighted by molar-refractivity contribution is -0.387. The average molecular weight is 360 g/mol. The minimum Gasteiger partial charge on any atom is -0.298 e. The van der Waals surface area contributed by atoms with Crippen molar-refractivity contribution in [3.05, 3.63) is 79.4 Å². The van der Waals surface area contributed by atoms with Crippen LogP contribution in [0.4, 0.5) is 28.9 Å². The van der Waals surface area contributed by atoms with Crippen molar-refractivity contribution in [1.29, 1.82) is 0 Å². The number of rotatable bonds is 4. The molecule has 2 aromatic carbocycles. The number of halogens is 4. The second-order valence-electron chi connectivity index (χ2n) is 4.29. The van der Waals surface area contributed by atoms with Crippen LogP contribution in [0.2, 0.25) is 0 Å². The molecule has 0 spiro atoms. The van der Waals surface area contributed by atoms with Crippen molar-refractivity contribution < 1.29 is 32.2 Å². The Morgan fingerprint density at radius 3 is 1.80 bits per heavy atom. The molecule has 2 rings (SSSR count). The normalized spacial score (nSPS) is 9.96. The van der Waals surface area contributed by atoms with Gasteiger partial charge < -0.3 is 0 Å². The lowest BCUT2D eigenvalue weighted by Gasteiger charge is -2.00. The highest BCUT2D eigenvalue weighted by molar-refractivity contribution is 5.76. The third kappa shape index (κ3) is 4.80. The summed E-state index contributed by atoms with van der Waals surface area (Å²) in [4.78, 5) is 28.5. The first-order valence-corrected chi connectivity index (χ1v) is 6.29. The maximum atomic E-state index is 12.9. The molecule has 0 bridgehead atoms. The van der Waals surface area contributed by atoms with Crippen molar-refractivity contribution >= 4 is 17.7 Å². The van der Waals surface area contributed by atoms with E-state index >= 15 is 0 Å². The molecule has 0 radical (unpaired) electrons. The molecule has 0 heterocycles. The lowest BCUT2D eigenvalue weighted by atomic mass is 10.2. The Morgan fingerprint density at radius 1 is 0.880 bits per heavy atom. The van der Waals surface area contributed by atoms with E-state index in [4.69, 9.17) is 0 Å². The van der Waals surface area contributed by atoms with Gasteiger partial charge in [-0.25, -0.2) is 8.78 Å². The molecule has 0 aliphatic carbocycles. The van der Waals surface area contributed by atoms with Crippen LogP contribution in [0, 0.1) is 31.9 Å². The van der Waals surface area contributed by atoms with Gasteiger partial charge in [-0.3, -0.25) is 25.0 Å². The summed E-state index contributed by atoms with van der Waals surface area (Å²) in [5.41, 5.74) is -2.86. The molecule has 0 aliphatic heterocycles. The van der Waals surface area contributed by atoms with Crippen LogP contribution in [0.3, 0.4) is 0 Å². The van der Waals surface area contributed by atoms with Crippen LogP contribution in [0.1, 0.15) is 22.3 Å². The first-order valence-electron chi connectivity index (χ1n) is 6.29. The molecule has 11 heteroatoms. The Bertz CT molecular complexity index is 814. The maximum Gasteiger partial charge on any atom is 0.305 e. The van der Waals surface area contributed by atoms with E-state index in [0.29, 0.717) is 0 Å². The van der Waals surface area contributed by atoms with Gasteiger partial charge in [-0.2, -0.15) is 8.78 Å². The monoisotopic (exact) mass is 360 g/mol. The summed E-state index contributed by atoms with van der Waals surface area (Å²) in [6.07, 6.45) is -2.80. The molecular weight excluding hydrogens is 352 g/mol. The highest BCUT2D eigenvalue weighted by Gasteiger charge is 2.22. The number of hydrogen-bond acceptors (Lipinski definition) is 5. The summed E-state index contributed by atoms with van der Waals surface area (Å²) in [5.74, 6) is -2.56. The SMILES string of the molecule is O=Cc1cccc([N+](=O)[O-])c1F.O=[N+]([O-])c1cccc(C(F)F)c1F. The minimum absolute atomic E-state index is 0.238. The Balaban J connectivity index is 0.000000251. The van der Waals surface area contributed by atoms with E-state index in [1.54, 1.807) is 0 Å². The zero-order valence-electron chi connectivity index (χ0n) is 12.1. The number of nitro groups is 2. The van der Waals surface area contributed by atoms with Gasteiger partial charge in [0.25, 0.3) is 6.43 Å². The molecule has 0 atom stereocenters. The third-order valence-corrected chi connectivity index (χ3v) is 2.77. The molecule has 0 saturated carbocycles. The predicted molar refractivity (Wildman–Crippen MR) is 76.5 cm³/mol. The maximum absolute atomic E-state index is 12.9. The lowest BCUT2D eigenvalue weighted by Crippen LogP contribution is -1.97. The van der Waals surface area contributed by atoms with Crippen molar-refractivity contribution in [2.45, 2.75) is 6.43 Å². The van der Waals surface area contributed by atoms with Crippen molar-refractivity contribution in [2.24, 2.45) is 0 Å². The van der Waals surface area contributed by atoms with E-state index in [-0.39, 0.29) is 11.8 Å². The quantitative estimate of drug-likeness (QED) is 0.351. The fraction of sp³-hybridized carbons (Fsp3) is 0.0714. The molecule has 0 fully saturated rings. The molecule has 0 unspecified atom stereocenters. The van der Waals surface area contributed by atoms with Crippen LogP contribution in [0.25, 0.3) is 0 Å². The number of nitrogens with zero attached hydrogens (tertiary/aromatic N) is 2. The summed E-state index contributed by atoms with van der Waals surface area (Å²) >= 11 is 0. The van der Waals surface area contributed by atoms with Crippen LogP contribution in [0.15, 0.2) is 36.4 Å². The van der Waals surface area contributed by atoms with Gasteiger partial charge in [0.15, 0.2) is 6.29 Å². The van der Waals surface area contributed by atoms with Gasteiger partial charge >= 0.3 is 11.4 Å². The molecule has 0 amide bonds. The van der Waals surface area contributed by atoms with Gasteiger partial charge in [0.1, 0.15) is 0 Å². The van der Waals surface area contributed by atoms with Gasteiger partial charge in [0, 0.05) is 12.1 Å². The number of benzene rings is 2. The van der Waals surface area contributed by atoms with Crippen molar-refractivity contribution in [3.63, 3.8) is 0 Å². The number of nitro benzene ring substituents is 2. The van der Waals surface area contributed by atoms with E-state index in [1.807, 2.05) is 0 Å². The van der Waals surface area contributed by atoms with Crippen LogP contribution in [-0.2, 0) is 0 Å². The predicted octanol–water partition coefficient (Wildman–Crippen LogP) is 4.22. The first-order chi connectivity index (χ1) is 11.7. The van der Waals surface area contributed by atoms with Crippen LogP contribution < -0.4 is 0 Å². The van der Waals surface area contributed by atoms with E-state index in [2.05, 4.69) is 0 Å². The molecule has 2 aromatic rings. The van der Waals surface area contributed by atoms with Crippen LogP contribution >= 0.6 is 0 Å². The second kappa shape index (κ2) is 8.47. The van der Waals surface area contributed by atoms with E-state index in [0.717, 1.165) is 24.3 Å². The number of hydrogen-bond donors (Lipinski definition) is 0. The van der Waals surface area contributed by atoms with E-state index in [1.165, 1.54) is 12.1 Å². The summed E-state index contributed by atoms with van der Waals surface area (Å²) in [6.45, 7) is 0. The van der Waals surface area contributed by atoms with E-state index < -0.39 is 44.8 Å². The topological polar surface area (TPSA) is 103 Å². The van der Waals surface area contributed by atoms with Crippen LogP contribution in [0.5, 0.6) is 0 Å². The molecule has 0 N–H and O–H groups in total. The smallest absolute Gasteiger partial charge is 0.298 e. The number of carbonyl (C=O) groups is 1. The highest BCUT2D eigenvalue weighted by atomic mass is 19.3. The van der Waals surface area contributed by atoms with Gasteiger partial charge in [0.2, 0.25) is 11.6 Å². The Morgan fingerprint density at radius 2 is 1.36 bits per heavy atom. The standard InChI is InChI=1S/C7H4F3NO2.C7H4FNO3/c8-6-4(7(9)10)2-1-3-5(6)11(12)13;8-7-5(4-10)2-1-3-6(7)9(11)12/h1-3,7H;1-4H. The van der Waals surface area contributed by atoms with Gasteiger partial charge in [-0.15, -0.1) is 0 Å². The Hall–Kier alpha value is -3.37. The summed E-state index contributed by atoms with van der Waals surface area (Å²) in [7, 11) is 0. The number of alkyl halides is 2. The summed E-state index contributed by atoms with van der Waals surface area (Å²) in [6, 6.07) is 6.10. The fourth-order valence-electron chi connectivity index (χ4n) is 1.62. The van der Waals surface area contributed by atoms with Gasteiger partial charge in [-0.1, -0.05) is 12.1 Å². The molecule has 0 aromatic heterocycles. The van der Waals surface area contributed by atoms with Crippen molar-refractivity contribution in [2.75, 3.05) is 0 Å². The first kappa shape index (κ1) is 19.7. The van der Waals surface area contributed by atoms with Crippen LogP contribution in [-0.4, -0.2) is 16.1 Å². The molecule has 0 aliphatic rings. The third-order valence-electron chi connectivity index (χ3n) is 2.77. The second-order valence-corrected chi connectivity index (χ2v) is 4.29. The summed E-state index contributed by atoms with van der Waals surface area (Å²) < 4.78 is 49.7. The molecule has 25 heavy (non-hydrogen) atoms. The highest BCUT2D eigenvalue weighted by Crippen LogP contribution is 2.27. The fourth-order valence-corrected chi connectivity index (χ4v) is 1.62. The average Bonchev–Trinajstić information content (AvgIpc) is 2.55. The number of carbonyl (C=O) groups excluding carboxylic acids is 1. The molecule has 7 nitrogen and oxygen atoms in total. The number of aldehydes is 1. The molecular formula is C14H8F4N2O5. The Labute approximate surface area is 136 Å². The van der Waals surface area contributed by atoms with Crippen molar-refractivity contribution in [3.8, 4) is 0 Å². The molecule has 132 valence electrons. The van der Waals surface area contributed by atoms with Gasteiger partial charge in [-0.05, 0) is 12.1 Å².